The smallest absolute Gasteiger partial charge is 0.257 e. The fourth-order valence-corrected chi connectivity index (χ4v) is 3.93. The van der Waals surface area contributed by atoms with Crippen molar-refractivity contribution >= 4 is 5.91 Å². The molecule has 7 nitrogen and oxygen atoms in total. The molecule has 1 atom stereocenters. The highest BCUT2D eigenvalue weighted by molar-refractivity contribution is 5.96. The Morgan fingerprint density at radius 3 is 2.82 bits per heavy atom. The van der Waals surface area contributed by atoms with Crippen molar-refractivity contribution in [3.8, 4) is 5.69 Å². The maximum Gasteiger partial charge on any atom is 0.257 e. The zero-order valence-electron chi connectivity index (χ0n) is 16.2. The highest BCUT2D eigenvalue weighted by Gasteiger charge is 2.40. The predicted octanol–water partition coefficient (Wildman–Crippen LogP) is 1.46. The summed E-state index contributed by atoms with van der Waals surface area (Å²) in [5, 5.41) is 7.85. The number of carbonyl (C=O) groups is 1. The molecule has 1 aromatic carbocycles. The minimum Gasteiger partial charge on any atom is -0.377 e. The van der Waals surface area contributed by atoms with Crippen molar-refractivity contribution in [1.29, 1.82) is 0 Å². The number of rotatable bonds is 2. The van der Waals surface area contributed by atoms with Crippen LogP contribution >= 0.6 is 0 Å². The fraction of sp³-hybridized carbons (Fsp3) is 0.500. The van der Waals surface area contributed by atoms with Crippen LogP contribution in [-0.4, -0.2) is 72.2 Å². The molecule has 0 radical (unpaired) electrons. The predicted molar refractivity (Wildman–Crippen MR) is 101 cm³/mol. The minimum atomic E-state index is -0.515. The number of amides is 1. The number of nitrogens with zero attached hydrogens (tertiary/aromatic N) is 3. The Morgan fingerprint density at radius 2 is 2.04 bits per heavy atom. The number of benzene rings is 1. The molecular formula is C20H25FN4O3. The first-order valence-corrected chi connectivity index (χ1v) is 9.53. The van der Waals surface area contributed by atoms with Gasteiger partial charge in [0.05, 0.1) is 49.0 Å². The molecule has 150 valence electrons. The highest BCUT2D eigenvalue weighted by atomic mass is 19.1. The third-order valence-corrected chi connectivity index (χ3v) is 5.35. The first-order valence-electron chi connectivity index (χ1n) is 9.53. The van der Waals surface area contributed by atoms with E-state index >= 15 is 0 Å². The van der Waals surface area contributed by atoms with E-state index in [9.17, 15) is 9.18 Å². The minimum absolute atomic E-state index is 0.0599. The summed E-state index contributed by atoms with van der Waals surface area (Å²) in [7, 11) is 0. The highest BCUT2D eigenvalue weighted by Crippen LogP contribution is 2.24. The lowest BCUT2D eigenvalue weighted by Gasteiger charge is -2.41. The van der Waals surface area contributed by atoms with Crippen molar-refractivity contribution in [2.45, 2.75) is 19.4 Å². The van der Waals surface area contributed by atoms with Crippen LogP contribution in [0.3, 0.4) is 0 Å². The van der Waals surface area contributed by atoms with E-state index < -0.39 is 5.60 Å². The first-order chi connectivity index (χ1) is 13.5. The van der Waals surface area contributed by atoms with Gasteiger partial charge in [-0.2, -0.15) is 5.10 Å². The average molecular weight is 388 g/mol. The Balaban J connectivity index is 1.60. The van der Waals surface area contributed by atoms with Gasteiger partial charge in [0.2, 0.25) is 0 Å². The number of hydrogen-bond acceptors (Lipinski definition) is 5. The summed E-state index contributed by atoms with van der Waals surface area (Å²) in [5.74, 6) is -0.366. The maximum atomic E-state index is 13.3. The molecule has 28 heavy (non-hydrogen) atoms. The second-order valence-electron chi connectivity index (χ2n) is 7.42. The molecule has 1 N–H and O–H groups in total. The standard InChI is InChI=1S/C20H25FN4O3/c1-14-18(15(2)25(23-14)17-5-3-16(21)4-6-17)19(26)24-8-10-28-20(12-24)11-22-7-9-27-13-20/h3-6,22H,7-13H2,1-2H3/t20-/m1/s1. The second-order valence-corrected chi connectivity index (χ2v) is 7.42. The van der Waals surface area contributed by atoms with Crippen LogP contribution in [0.25, 0.3) is 5.69 Å². The zero-order valence-corrected chi connectivity index (χ0v) is 16.2. The number of morpholine rings is 1. The Bertz CT molecular complexity index is 857. The summed E-state index contributed by atoms with van der Waals surface area (Å²) < 4.78 is 26.6. The van der Waals surface area contributed by atoms with Crippen LogP contribution in [0, 0.1) is 19.7 Å². The van der Waals surface area contributed by atoms with E-state index in [1.807, 2.05) is 18.7 Å². The molecule has 3 heterocycles. The normalized spacial score (nSPS) is 23.0. The Morgan fingerprint density at radius 1 is 1.25 bits per heavy atom. The lowest BCUT2D eigenvalue weighted by molar-refractivity contribution is -0.125. The summed E-state index contributed by atoms with van der Waals surface area (Å²) >= 11 is 0. The van der Waals surface area contributed by atoms with Crippen LogP contribution < -0.4 is 5.32 Å². The van der Waals surface area contributed by atoms with Crippen LogP contribution in [0.15, 0.2) is 24.3 Å². The van der Waals surface area contributed by atoms with Gasteiger partial charge in [-0.05, 0) is 38.1 Å². The van der Waals surface area contributed by atoms with Crippen molar-refractivity contribution in [2.24, 2.45) is 0 Å². The summed E-state index contributed by atoms with van der Waals surface area (Å²) in [6.45, 7) is 7.71. The van der Waals surface area contributed by atoms with Crippen LogP contribution in [0.2, 0.25) is 0 Å². The maximum absolute atomic E-state index is 13.3. The average Bonchev–Trinajstić information content (AvgIpc) is 2.84. The number of ether oxygens (including phenoxy) is 2. The van der Waals surface area contributed by atoms with Crippen LogP contribution in [0.1, 0.15) is 21.7 Å². The van der Waals surface area contributed by atoms with Crippen molar-refractivity contribution in [1.82, 2.24) is 20.0 Å². The second kappa shape index (κ2) is 7.62. The molecule has 2 aliphatic rings. The zero-order chi connectivity index (χ0) is 19.7. The van der Waals surface area contributed by atoms with E-state index in [4.69, 9.17) is 9.47 Å². The molecule has 2 saturated heterocycles. The largest absolute Gasteiger partial charge is 0.377 e. The van der Waals surface area contributed by atoms with Gasteiger partial charge in [0, 0.05) is 19.6 Å². The molecule has 0 unspecified atom stereocenters. The number of nitrogens with one attached hydrogen (secondary N) is 1. The third kappa shape index (κ3) is 3.55. The Labute approximate surface area is 163 Å². The molecule has 1 amide bonds. The molecule has 0 bridgehead atoms. The van der Waals surface area contributed by atoms with E-state index in [2.05, 4.69) is 10.4 Å². The lowest BCUT2D eigenvalue weighted by Crippen LogP contribution is -2.59. The van der Waals surface area contributed by atoms with E-state index in [1.165, 1.54) is 12.1 Å². The van der Waals surface area contributed by atoms with E-state index in [0.717, 1.165) is 17.9 Å². The first kappa shape index (κ1) is 19.0. The molecule has 0 aliphatic carbocycles. The van der Waals surface area contributed by atoms with Gasteiger partial charge in [-0.3, -0.25) is 4.79 Å². The molecule has 4 rings (SSSR count). The van der Waals surface area contributed by atoms with Gasteiger partial charge >= 0.3 is 0 Å². The van der Waals surface area contributed by atoms with Gasteiger partial charge in [-0.1, -0.05) is 0 Å². The lowest BCUT2D eigenvalue weighted by atomic mass is 10.0. The van der Waals surface area contributed by atoms with Gasteiger partial charge in [0.25, 0.3) is 5.91 Å². The molecule has 8 heteroatoms. The molecule has 2 aliphatic heterocycles. The fourth-order valence-electron chi connectivity index (χ4n) is 3.93. The van der Waals surface area contributed by atoms with Gasteiger partial charge in [0.15, 0.2) is 0 Å². The number of carbonyl (C=O) groups excluding carboxylic acids is 1. The van der Waals surface area contributed by atoms with Gasteiger partial charge < -0.3 is 19.7 Å². The summed E-state index contributed by atoms with van der Waals surface area (Å²) in [6, 6.07) is 6.08. The van der Waals surface area contributed by atoms with Gasteiger partial charge in [-0.25, -0.2) is 9.07 Å². The summed E-state index contributed by atoms with van der Waals surface area (Å²) in [5.41, 5.74) is 2.19. The topological polar surface area (TPSA) is 68.6 Å². The van der Waals surface area contributed by atoms with Crippen LogP contribution in [0.5, 0.6) is 0 Å². The van der Waals surface area contributed by atoms with Crippen molar-refractivity contribution in [2.75, 3.05) is 46.0 Å². The van der Waals surface area contributed by atoms with Crippen molar-refractivity contribution in [3.05, 3.63) is 47.0 Å². The quantitative estimate of drug-likeness (QED) is 0.844. The molecule has 1 aromatic heterocycles. The van der Waals surface area contributed by atoms with Crippen molar-refractivity contribution < 1.29 is 18.7 Å². The van der Waals surface area contributed by atoms with Gasteiger partial charge in [0.1, 0.15) is 11.4 Å². The number of hydrogen-bond donors (Lipinski definition) is 1. The SMILES string of the molecule is Cc1nn(-c2ccc(F)cc2)c(C)c1C(=O)N1CCO[C@]2(CNCCOC2)C1. The summed E-state index contributed by atoms with van der Waals surface area (Å²) in [4.78, 5) is 15.2. The molecule has 2 aromatic rings. The van der Waals surface area contributed by atoms with Crippen molar-refractivity contribution in [3.63, 3.8) is 0 Å². The molecular weight excluding hydrogens is 363 g/mol. The molecule has 2 fully saturated rings. The monoisotopic (exact) mass is 388 g/mol. The number of aryl methyl sites for hydroxylation is 1. The Kier molecular flexibility index (Phi) is 5.18. The van der Waals surface area contributed by atoms with Gasteiger partial charge in [-0.15, -0.1) is 0 Å². The van der Waals surface area contributed by atoms with E-state index in [1.54, 1.807) is 16.8 Å². The van der Waals surface area contributed by atoms with Crippen LogP contribution in [-0.2, 0) is 9.47 Å². The van der Waals surface area contributed by atoms with Crippen LogP contribution in [0.4, 0.5) is 4.39 Å². The number of halogens is 1. The van der Waals surface area contributed by atoms with E-state index in [-0.39, 0.29) is 11.7 Å². The van der Waals surface area contributed by atoms with E-state index in [0.29, 0.717) is 50.7 Å². The number of aromatic nitrogens is 2. The third-order valence-electron chi connectivity index (χ3n) is 5.35. The summed E-state index contributed by atoms with van der Waals surface area (Å²) in [6.07, 6.45) is 0. The molecule has 1 spiro atoms. The molecule has 0 saturated carbocycles. The Hall–Kier alpha value is -2.29.